The van der Waals surface area contributed by atoms with Crippen LogP contribution < -0.4 is 16.5 Å². The molecule has 1 fully saturated rings. The Kier molecular flexibility index (Phi) is 6.45. The number of fused-ring (bicyclic) bond motifs is 2. The van der Waals surface area contributed by atoms with E-state index in [1.54, 1.807) is 29.2 Å². The smallest absolute Gasteiger partial charge is 0.410 e. The van der Waals surface area contributed by atoms with E-state index >= 15 is 0 Å². The molecule has 4 aromatic rings. The number of likely N-dealkylation sites (tertiary alicyclic amines) is 1. The monoisotopic (exact) mass is 520 g/mol. The van der Waals surface area contributed by atoms with Crippen LogP contribution in [0.5, 0.6) is 0 Å². The number of ether oxygens (including phenoxy) is 1. The number of halogens is 1. The molecule has 37 heavy (non-hydrogen) atoms. The van der Waals surface area contributed by atoms with Gasteiger partial charge in [-0.05, 0) is 69.5 Å². The summed E-state index contributed by atoms with van der Waals surface area (Å²) in [5.74, 6) is 0.237. The van der Waals surface area contributed by atoms with Gasteiger partial charge >= 0.3 is 6.09 Å². The molecule has 0 saturated carbocycles. The summed E-state index contributed by atoms with van der Waals surface area (Å²) in [5.41, 5.74) is 8.85. The first-order valence-electron chi connectivity index (χ1n) is 12.3. The predicted octanol–water partition coefficient (Wildman–Crippen LogP) is 6.06. The Morgan fingerprint density at radius 3 is 2.51 bits per heavy atom. The molecule has 9 heteroatoms. The molecule has 0 bridgehead atoms. The van der Waals surface area contributed by atoms with Crippen LogP contribution in [0.25, 0.3) is 33.2 Å². The van der Waals surface area contributed by atoms with E-state index in [0.29, 0.717) is 40.2 Å². The summed E-state index contributed by atoms with van der Waals surface area (Å²) in [6.45, 7) is 6.92. The minimum absolute atomic E-state index is 0.151. The molecule has 1 amide bonds. The van der Waals surface area contributed by atoms with Crippen LogP contribution in [0.2, 0.25) is 5.02 Å². The minimum Gasteiger partial charge on any atom is -0.454 e. The lowest BCUT2D eigenvalue weighted by atomic mass is 10.0. The Morgan fingerprint density at radius 1 is 1.14 bits per heavy atom. The lowest BCUT2D eigenvalue weighted by Crippen LogP contribution is -2.44. The van der Waals surface area contributed by atoms with E-state index in [2.05, 4.69) is 10.3 Å². The summed E-state index contributed by atoms with van der Waals surface area (Å²) in [5, 5.41) is 4.16. The Balaban J connectivity index is 1.31. The number of benzene rings is 2. The van der Waals surface area contributed by atoms with Gasteiger partial charge in [0.15, 0.2) is 11.1 Å². The van der Waals surface area contributed by atoms with Gasteiger partial charge in [-0.2, -0.15) is 0 Å². The summed E-state index contributed by atoms with van der Waals surface area (Å²) in [6, 6.07) is 14.9. The van der Waals surface area contributed by atoms with Crippen molar-refractivity contribution in [3.05, 3.63) is 63.8 Å². The van der Waals surface area contributed by atoms with Crippen molar-refractivity contribution in [2.45, 2.75) is 45.3 Å². The van der Waals surface area contributed by atoms with Gasteiger partial charge in [-0.3, -0.25) is 4.79 Å². The van der Waals surface area contributed by atoms with Crippen molar-refractivity contribution >= 4 is 51.3 Å². The van der Waals surface area contributed by atoms with Gasteiger partial charge in [0.25, 0.3) is 0 Å². The molecule has 1 aliphatic heterocycles. The molecule has 3 heterocycles. The van der Waals surface area contributed by atoms with Gasteiger partial charge in [-0.1, -0.05) is 29.8 Å². The number of nitrogens with zero attached hydrogens (tertiary/aromatic N) is 2. The number of anilines is 2. The maximum absolute atomic E-state index is 13.0. The first kappa shape index (κ1) is 24.9. The summed E-state index contributed by atoms with van der Waals surface area (Å²) < 4.78 is 11.4. The third-order valence-corrected chi connectivity index (χ3v) is 6.68. The zero-order valence-electron chi connectivity index (χ0n) is 21.0. The van der Waals surface area contributed by atoms with E-state index in [-0.39, 0.29) is 28.9 Å². The normalized spacial score (nSPS) is 14.8. The molecule has 0 aliphatic carbocycles. The van der Waals surface area contributed by atoms with E-state index in [1.807, 2.05) is 45.0 Å². The van der Waals surface area contributed by atoms with Gasteiger partial charge in [0.1, 0.15) is 17.0 Å². The van der Waals surface area contributed by atoms with Crippen LogP contribution in [-0.4, -0.2) is 40.7 Å². The molecular weight excluding hydrogens is 492 g/mol. The number of nitrogens with two attached hydrogens (primary N) is 1. The molecule has 0 atom stereocenters. The third-order valence-electron chi connectivity index (χ3n) is 6.37. The zero-order valence-corrected chi connectivity index (χ0v) is 21.8. The maximum Gasteiger partial charge on any atom is 0.410 e. The number of hydrogen-bond acceptors (Lipinski definition) is 7. The van der Waals surface area contributed by atoms with Crippen molar-refractivity contribution in [1.29, 1.82) is 0 Å². The topological polar surface area (TPSA) is 111 Å². The Labute approximate surface area is 219 Å². The first-order valence-corrected chi connectivity index (χ1v) is 12.6. The lowest BCUT2D eigenvalue weighted by molar-refractivity contribution is 0.0210. The number of carbonyl (C=O) groups excluding carboxylic acids is 1. The molecule has 0 unspecified atom stereocenters. The third kappa shape index (κ3) is 5.20. The summed E-state index contributed by atoms with van der Waals surface area (Å²) >= 11 is 6.21. The van der Waals surface area contributed by atoms with E-state index in [1.165, 1.54) is 0 Å². The quantitative estimate of drug-likeness (QED) is 0.316. The number of carbonyl (C=O) groups is 1. The van der Waals surface area contributed by atoms with Crippen LogP contribution in [0, 0.1) is 0 Å². The fourth-order valence-corrected chi connectivity index (χ4v) is 4.79. The van der Waals surface area contributed by atoms with Crippen LogP contribution in [-0.2, 0) is 4.74 Å². The second kappa shape index (κ2) is 9.59. The molecule has 1 aliphatic rings. The number of amides is 1. The summed E-state index contributed by atoms with van der Waals surface area (Å²) in [6.07, 6.45) is 1.41. The number of rotatable bonds is 3. The standard InChI is InChI=1S/C28H29ClN4O4/c1-28(2,3)37-27(35)33-13-11-18(12-14-33)31-17-9-7-16(8-10-17)19-15-22-24(32-26(19)30)25(34)23-20(29)5-4-6-21(23)36-22/h4-10,15,18,31H,11-14H2,1-3H3,(H2,30,32). The first-order chi connectivity index (χ1) is 17.6. The molecule has 2 aromatic heterocycles. The highest BCUT2D eigenvalue weighted by Crippen LogP contribution is 2.31. The van der Waals surface area contributed by atoms with Crippen LogP contribution in [0.1, 0.15) is 33.6 Å². The van der Waals surface area contributed by atoms with Crippen molar-refractivity contribution in [3.63, 3.8) is 0 Å². The van der Waals surface area contributed by atoms with Gasteiger partial charge in [0.05, 0.1) is 10.4 Å². The molecule has 0 radical (unpaired) electrons. The minimum atomic E-state index is -0.495. The highest BCUT2D eigenvalue weighted by molar-refractivity contribution is 6.35. The van der Waals surface area contributed by atoms with Crippen molar-refractivity contribution in [2.75, 3.05) is 24.1 Å². The predicted molar refractivity (Wildman–Crippen MR) is 147 cm³/mol. The molecule has 1 saturated heterocycles. The van der Waals surface area contributed by atoms with E-state index < -0.39 is 5.60 Å². The average molecular weight is 521 g/mol. The fourth-order valence-electron chi connectivity index (χ4n) is 4.54. The van der Waals surface area contributed by atoms with E-state index in [9.17, 15) is 9.59 Å². The molecule has 2 aromatic carbocycles. The number of aromatic nitrogens is 1. The average Bonchev–Trinajstić information content (AvgIpc) is 2.84. The number of piperidine rings is 1. The highest BCUT2D eigenvalue weighted by Gasteiger charge is 2.26. The second-order valence-corrected chi connectivity index (χ2v) is 10.7. The highest BCUT2D eigenvalue weighted by atomic mass is 35.5. The molecular formula is C28H29ClN4O4. The van der Waals surface area contributed by atoms with Gasteiger partial charge < -0.3 is 25.1 Å². The van der Waals surface area contributed by atoms with Crippen molar-refractivity contribution in [2.24, 2.45) is 0 Å². The van der Waals surface area contributed by atoms with Crippen molar-refractivity contribution < 1.29 is 13.9 Å². The molecule has 0 spiro atoms. The van der Waals surface area contributed by atoms with E-state index in [0.717, 1.165) is 24.1 Å². The number of pyridine rings is 1. The van der Waals surface area contributed by atoms with Crippen molar-refractivity contribution in [1.82, 2.24) is 9.88 Å². The summed E-state index contributed by atoms with van der Waals surface area (Å²) in [4.78, 5) is 31.4. The van der Waals surface area contributed by atoms with Crippen LogP contribution in [0.4, 0.5) is 16.3 Å². The maximum atomic E-state index is 13.0. The molecule has 8 nitrogen and oxygen atoms in total. The molecule has 192 valence electrons. The Hall–Kier alpha value is -3.78. The van der Waals surface area contributed by atoms with Gasteiger partial charge in [-0.15, -0.1) is 0 Å². The fraction of sp³-hybridized carbons (Fsp3) is 0.321. The van der Waals surface area contributed by atoms with Crippen LogP contribution in [0.3, 0.4) is 0 Å². The van der Waals surface area contributed by atoms with Crippen LogP contribution in [0.15, 0.2) is 57.7 Å². The van der Waals surface area contributed by atoms with E-state index in [4.69, 9.17) is 26.5 Å². The molecule has 3 N–H and O–H groups in total. The largest absolute Gasteiger partial charge is 0.454 e. The number of nitrogens with one attached hydrogen (secondary N) is 1. The van der Waals surface area contributed by atoms with Crippen molar-refractivity contribution in [3.8, 4) is 11.1 Å². The summed E-state index contributed by atoms with van der Waals surface area (Å²) in [7, 11) is 0. The van der Waals surface area contributed by atoms with Gasteiger partial charge in [0, 0.05) is 30.4 Å². The number of hydrogen-bond donors (Lipinski definition) is 2. The Morgan fingerprint density at radius 2 is 1.84 bits per heavy atom. The lowest BCUT2D eigenvalue weighted by Gasteiger charge is -2.34. The Bertz CT molecular complexity index is 1530. The van der Waals surface area contributed by atoms with Gasteiger partial charge in [0.2, 0.25) is 5.43 Å². The van der Waals surface area contributed by atoms with Gasteiger partial charge in [-0.25, -0.2) is 9.78 Å². The zero-order chi connectivity index (χ0) is 26.3. The molecule has 5 rings (SSSR count). The second-order valence-electron chi connectivity index (χ2n) is 10.3. The van der Waals surface area contributed by atoms with Crippen LogP contribution >= 0.6 is 11.6 Å². The SMILES string of the molecule is CC(C)(C)OC(=O)N1CCC(Nc2ccc(-c3cc4oc5cccc(Cl)c5c(=O)c4nc3N)cc2)CC1. The number of nitrogen functional groups attached to an aromatic ring is 1.